The first-order valence-electron chi connectivity index (χ1n) is 33.0. The lowest BCUT2D eigenvalue weighted by atomic mass is 10.0. The summed E-state index contributed by atoms with van der Waals surface area (Å²) in [4.78, 5) is 23.4. The minimum absolute atomic E-state index is 0.0563. The fraction of sp³-hybridized carbons (Fsp3) is 0.783. The third-order valence-electron chi connectivity index (χ3n) is 14.6. The smallest absolute Gasteiger partial charge is 0.387 e. The number of allylic oxidation sites excluding steroid dienone is 13. The fourth-order valence-electron chi connectivity index (χ4n) is 9.52. The molecule has 0 aliphatic rings. The van der Waals surface area contributed by atoms with Crippen LogP contribution in [0.25, 0.3) is 0 Å². The van der Waals surface area contributed by atoms with Gasteiger partial charge in [-0.2, -0.15) is 0 Å². The van der Waals surface area contributed by atoms with Crippen LogP contribution in [0.5, 0.6) is 0 Å². The third-order valence-corrected chi connectivity index (χ3v) is 15.6. The van der Waals surface area contributed by atoms with E-state index in [0.29, 0.717) is 17.4 Å². The zero-order valence-corrected chi connectivity index (χ0v) is 52.8. The molecular weight excluding hydrogens is 984 g/mol. The first-order valence-corrected chi connectivity index (χ1v) is 34.5. The topological polar surface area (TPSA) is 105 Å². The first kappa shape index (κ1) is 75.7. The summed E-state index contributed by atoms with van der Waals surface area (Å²) in [6, 6.07) is -0.858. The minimum Gasteiger partial charge on any atom is -0.387 e. The van der Waals surface area contributed by atoms with Gasteiger partial charge in [-0.3, -0.25) is 13.8 Å². The Labute approximate surface area is 484 Å². The molecule has 8 nitrogen and oxygen atoms in total. The van der Waals surface area contributed by atoms with Crippen LogP contribution in [0, 0.1) is 0 Å². The summed E-state index contributed by atoms with van der Waals surface area (Å²) >= 11 is 0. The molecule has 0 aromatic heterocycles. The number of phosphoric ester groups is 1. The number of aliphatic hydroxyl groups excluding tert-OH is 1. The number of aliphatic hydroxyl groups is 1. The SMILES string of the molecule is CC/C=C\C/C=C\C/C=C\C/C=C\C/C=C\C/C=C\CCCCCCCCCCC(=O)NC(COP(=O)(O)OCC[N+](C)(C)C)C(O)/C=C/CCCCCCCCCCCCCCCCCCCCCCCCCCCCC. The largest absolute Gasteiger partial charge is 0.472 e. The molecule has 454 valence electrons. The molecule has 0 aromatic rings. The number of quaternary nitrogens is 1. The average molecular weight is 1110 g/mol. The number of amides is 1. The van der Waals surface area contributed by atoms with Crippen LogP contribution in [-0.4, -0.2) is 73.4 Å². The normalized spacial score (nSPS) is 14.3. The summed E-state index contributed by atoms with van der Waals surface area (Å²) in [5.41, 5.74) is 0. The molecule has 0 fully saturated rings. The Balaban J connectivity index is 4.16. The number of rotatable bonds is 60. The summed E-state index contributed by atoms with van der Waals surface area (Å²) in [6.07, 6.45) is 84.2. The van der Waals surface area contributed by atoms with Crippen molar-refractivity contribution in [2.45, 2.75) is 309 Å². The van der Waals surface area contributed by atoms with E-state index in [4.69, 9.17) is 9.05 Å². The second-order valence-electron chi connectivity index (χ2n) is 23.5. The van der Waals surface area contributed by atoms with Crippen molar-refractivity contribution < 1.29 is 32.9 Å². The van der Waals surface area contributed by atoms with E-state index in [1.54, 1.807) is 6.08 Å². The molecule has 0 saturated carbocycles. The molecule has 0 aliphatic carbocycles. The molecule has 0 bridgehead atoms. The highest BCUT2D eigenvalue weighted by Gasteiger charge is 2.28. The number of carbonyl (C=O) groups is 1. The van der Waals surface area contributed by atoms with Gasteiger partial charge in [-0.05, 0) is 70.6 Å². The quantitative estimate of drug-likeness (QED) is 0.0243. The molecule has 0 aliphatic heterocycles. The van der Waals surface area contributed by atoms with Gasteiger partial charge in [0, 0.05) is 6.42 Å². The van der Waals surface area contributed by atoms with Crippen LogP contribution in [0.3, 0.4) is 0 Å². The molecule has 0 rings (SSSR count). The molecule has 9 heteroatoms. The Morgan fingerprint density at radius 1 is 0.449 bits per heavy atom. The number of nitrogens with zero attached hydrogens (tertiary/aromatic N) is 1. The van der Waals surface area contributed by atoms with Crippen molar-refractivity contribution in [1.82, 2.24) is 5.32 Å². The maximum Gasteiger partial charge on any atom is 0.472 e. The van der Waals surface area contributed by atoms with Gasteiger partial charge in [0.15, 0.2) is 0 Å². The monoisotopic (exact) mass is 1110 g/mol. The zero-order valence-electron chi connectivity index (χ0n) is 51.9. The van der Waals surface area contributed by atoms with Crippen molar-refractivity contribution in [2.24, 2.45) is 0 Å². The molecule has 0 spiro atoms. The van der Waals surface area contributed by atoms with Gasteiger partial charge in [-0.1, -0.05) is 304 Å². The van der Waals surface area contributed by atoms with Crippen molar-refractivity contribution in [3.63, 3.8) is 0 Å². The minimum atomic E-state index is -4.36. The van der Waals surface area contributed by atoms with Gasteiger partial charge in [-0.15, -0.1) is 0 Å². The summed E-state index contributed by atoms with van der Waals surface area (Å²) in [5.74, 6) is -0.185. The van der Waals surface area contributed by atoms with E-state index in [-0.39, 0.29) is 19.1 Å². The van der Waals surface area contributed by atoms with Gasteiger partial charge in [0.2, 0.25) is 5.91 Å². The van der Waals surface area contributed by atoms with Crippen LogP contribution in [0.4, 0.5) is 0 Å². The Kier molecular flexibility index (Phi) is 57.5. The lowest BCUT2D eigenvalue weighted by Crippen LogP contribution is -2.45. The Morgan fingerprint density at radius 2 is 0.769 bits per heavy atom. The molecule has 0 radical (unpaired) electrons. The molecular formula is C69H128N2O6P+. The van der Waals surface area contributed by atoms with Crippen LogP contribution >= 0.6 is 7.82 Å². The molecule has 0 aromatic carbocycles. The second-order valence-corrected chi connectivity index (χ2v) is 24.9. The molecule has 3 N–H and O–H groups in total. The van der Waals surface area contributed by atoms with Gasteiger partial charge >= 0.3 is 7.82 Å². The Morgan fingerprint density at radius 3 is 1.13 bits per heavy atom. The van der Waals surface area contributed by atoms with E-state index in [1.165, 1.54) is 193 Å². The molecule has 3 unspecified atom stereocenters. The number of phosphoric acid groups is 1. The number of hydrogen-bond acceptors (Lipinski definition) is 5. The maximum atomic E-state index is 13.0. The van der Waals surface area contributed by atoms with Crippen molar-refractivity contribution in [2.75, 3.05) is 40.9 Å². The number of nitrogens with one attached hydrogen (secondary N) is 1. The van der Waals surface area contributed by atoms with Crippen LogP contribution in [0.1, 0.15) is 296 Å². The second kappa shape index (κ2) is 59.3. The lowest BCUT2D eigenvalue weighted by Gasteiger charge is -2.25. The van der Waals surface area contributed by atoms with E-state index >= 15 is 0 Å². The molecule has 3 atom stereocenters. The van der Waals surface area contributed by atoms with Crippen LogP contribution in [0.2, 0.25) is 0 Å². The van der Waals surface area contributed by atoms with E-state index in [1.807, 2.05) is 27.2 Å². The zero-order chi connectivity index (χ0) is 57.0. The Bertz CT molecular complexity index is 1550. The maximum absolute atomic E-state index is 13.0. The third kappa shape index (κ3) is 61.3. The highest BCUT2D eigenvalue weighted by atomic mass is 31.2. The van der Waals surface area contributed by atoms with Crippen LogP contribution in [0.15, 0.2) is 85.1 Å². The van der Waals surface area contributed by atoms with Gasteiger partial charge in [0.25, 0.3) is 0 Å². The van der Waals surface area contributed by atoms with Gasteiger partial charge in [0.1, 0.15) is 13.2 Å². The average Bonchev–Trinajstić information content (AvgIpc) is 3.41. The van der Waals surface area contributed by atoms with E-state index in [0.717, 1.165) is 83.5 Å². The standard InChI is InChI=1S/C69H127N2O6P/c1-6-8-10-12-14-16-18-20-22-24-26-28-30-32-34-35-37-38-40-42-44-46-48-50-52-54-56-58-60-62-68(72)67(66-77-78(74,75)76-65-64-71(3,4)5)70-69(73)63-61-59-57-55-53-51-49-47-45-43-41-39-36-33-31-29-27-25-23-21-19-17-15-13-11-9-7-2/h9,11,15,17,21,23,27,29,33,36,41,43,60,62,67-68,72H,6-8,10,12-14,16,18-20,22,24-26,28,30-32,34-35,37-40,42,44-59,61,63-66H2,1-5H3,(H-,70,73,74,75)/p+1/b11-9-,17-15-,23-21-,29-27-,36-33-,43-41-,62-60+. The van der Waals surface area contributed by atoms with Crippen molar-refractivity contribution in [1.29, 1.82) is 0 Å². The predicted molar refractivity (Wildman–Crippen MR) is 341 cm³/mol. The van der Waals surface area contributed by atoms with Gasteiger partial charge in [0.05, 0.1) is 39.9 Å². The number of unbranched alkanes of at least 4 members (excludes halogenated alkanes) is 35. The highest BCUT2D eigenvalue weighted by molar-refractivity contribution is 7.47. The number of likely N-dealkylation sites (N-methyl/N-ethyl adjacent to an activating group) is 1. The summed E-state index contributed by atoms with van der Waals surface area (Å²) in [6.45, 7) is 4.72. The van der Waals surface area contributed by atoms with Crippen LogP contribution < -0.4 is 5.32 Å². The number of carbonyl (C=O) groups excluding carboxylic acids is 1. The predicted octanol–water partition coefficient (Wildman–Crippen LogP) is 20.8. The van der Waals surface area contributed by atoms with Crippen molar-refractivity contribution in [3.8, 4) is 0 Å². The fourth-order valence-corrected chi connectivity index (χ4v) is 10.3. The van der Waals surface area contributed by atoms with Gasteiger partial charge < -0.3 is 19.8 Å². The van der Waals surface area contributed by atoms with Crippen molar-refractivity contribution >= 4 is 13.7 Å². The first-order chi connectivity index (χ1) is 38.0. The highest BCUT2D eigenvalue weighted by Crippen LogP contribution is 2.43. The summed E-state index contributed by atoms with van der Waals surface area (Å²) in [5, 5.41) is 14.0. The molecule has 78 heavy (non-hydrogen) atoms. The molecule has 0 saturated heterocycles. The van der Waals surface area contributed by atoms with Crippen LogP contribution in [-0.2, 0) is 18.4 Å². The van der Waals surface area contributed by atoms with E-state index < -0.39 is 20.0 Å². The van der Waals surface area contributed by atoms with Crippen molar-refractivity contribution in [3.05, 3.63) is 85.1 Å². The summed E-state index contributed by atoms with van der Waals surface area (Å²) in [7, 11) is 1.56. The molecule has 1 amide bonds. The van der Waals surface area contributed by atoms with E-state index in [2.05, 4.69) is 92.1 Å². The molecule has 0 heterocycles. The Hall–Kier alpha value is -2.32. The lowest BCUT2D eigenvalue weighted by molar-refractivity contribution is -0.870. The van der Waals surface area contributed by atoms with E-state index in [9.17, 15) is 19.4 Å². The van der Waals surface area contributed by atoms with Gasteiger partial charge in [-0.25, -0.2) is 4.57 Å². The summed E-state index contributed by atoms with van der Waals surface area (Å²) < 4.78 is 23.8. The number of hydrogen-bond donors (Lipinski definition) is 3.